The molecule has 19 heavy (non-hydrogen) atoms. The Morgan fingerprint density at radius 1 is 1.05 bits per heavy atom. The lowest BCUT2D eigenvalue weighted by Gasteiger charge is -1.99. The Hall–Kier alpha value is -2.86. The van der Waals surface area contributed by atoms with Gasteiger partial charge in [-0.1, -0.05) is 30.3 Å². The fourth-order valence-corrected chi connectivity index (χ4v) is 1.47. The van der Waals surface area contributed by atoms with Crippen LogP contribution in [0.2, 0.25) is 0 Å². The van der Waals surface area contributed by atoms with E-state index in [0.717, 1.165) is 5.56 Å². The smallest absolute Gasteiger partial charge is 0.336 e. The summed E-state index contributed by atoms with van der Waals surface area (Å²) in [6, 6.07) is 17.8. The number of rotatable bonds is 3. The van der Waals surface area contributed by atoms with Crippen molar-refractivity contribution >= 4 is 12.0 Å². The largest absolute Gasteiger partial charge is 0.423 e. The van der Waals surface area contributed by atoms with Gasteiger partial charge >= 0.3 is 5.97 Å². The molecule has 3 nitrogen and oxygen atoms in total. The molecular weight excluding hydrogens is 238 g/mol. The lowest BCUT2D eigenvalue weighted by atomic mass is 10.1. The summed E-state index contributed by atoms with van der Waals surface area (Å²) in [5, 5.41) is 8.67. The van der Waals surface area contributed by atoms with Crippen molar-refractivity contribution in [3.63, 3.8) is 0 Å². The second kappa shape index (κ2) is 6.18. The molecule has 0 bridgehead atoms. The number of benzene rings is 2. The number of para-hydroxylation sites is 1. The summed E-state index contributed by atoms with van der Waals surface area (Å²) in [6.07, 6.45) is 3.00. The van der Waals surface area contributed by atoms with E-state index in [1.165, 1.54) is 6.08 Å². The van der Waals surface area contributed by atoms with Crippen LogP contribution in [0.25, 0.3) is 6.08 Å². The Morgan fingerprint density at radius 2 is 1.74 bits per heavy atom. The number of hydrogen-bond acceptors (Lipinski definition) is 3. The monoisotopic (exact) mass is 249 g/mol. The third-order valence-electron chi connectivity index (χ3n) is 2.41. The molecule has 0 aromatic heterocycles. The van der Waals surface area contributed by atoms with Crippen molar-refractivity contribution in [1.82, 2.24) is 0 Å². The van der Waals surface area contributed by atoms with Crippen LogP contribution in [0.1, 0.15) is 11.1 Å². The average molecular weight is 249 g/mol. The first-order valence-electron chi connectivity index (χ1n) is 5.73. The summed E-state index contributed by atoms with van der Waals surface area (Å²) in [5.74, 6) is 0.0764. The number of ether oxygens (including phenoxy) is 1. The van der Waals surface area contributed by atoms with Gasteiger partial charge in [0.1, 0.15) is 5.75 Å². The zero-order chi connectivity index (χ0) is 13.5. The number of nitrogens with zero attached hydrogens (tertiary/aromatic N) is 1. The predicted octanol–water partition coefficient (Wildman–Crippen LogP) is 3.18. The molecular formula is C16H11NO2. The zero-order valence-corrected chi connectivity index (χ0v) is 10.1. The second-order valence-electron chi connectivity index (χ2n) is 3.80. The first-order valence-corrected chi connectivity index (χ1v) is 5.73. The third-order valence-corrected chi connectivity index (χ3v) is 2.41. The molecule has 0 aliphatic heterocycles. The van der Waals surface area contributed by atoms with E-state index in [9.17, 15) is 4.79 Å². The van der Waals surface area contributed by atoms with Crippen molar-refractivity contribution in [2.45, 2.75) is 0 Å². The van der Waals surface area contributed by atoms with Crippen LogP contribution in [0.3, 0.4) is 0 Å². The van der Waals surface area contributed by atoms with E-state index >= 15 is 0 Å². The number of carbonyl (C=O) groups is 1. The molecule has 0 unspecified atom stereocenters. The lowest BCUT2D eigenvalue weighted by Crippen LogP contribution is -2.03. The summed E-state index contributed by atoms with van der Waals surface area (Å²) in [5.41, 5.74) is 1.42. The Bertz CT molecular complexity index is 622. The number of nitriles is 1. The molecule has 0 aliphatic carbocycles. The fraction of sp³-hybridized carbons (Fsp3) is 0. The van der Waals surface area contributed by atoms with Crippen molar-refractivity contribution in [1.29, 1.82) is 5.26 Å². The van der Waals surface area contributed by atoms with Crippen molar-refractivity contribution in [2.24, 2.45) is 0 Å². The Morgan fingerprint density at radius 3 is 2.37 bits per heavy atom. The van der Waals surface area contributed by atoms with E-state index in [0.29, 0.717) is 11.3 Å². The highest BCUT2D eigenvalue weighted by Gasteiger charge is 1.99. The SMILES string of the molecule is N#Cc1ccc(/C=C/C(=O)Oc2ccccc2)cc1. The molecule has 0 saturated heterocycles. The Kier molecular flexibility index (Phi) is 4.09. The number of hydrogen-bond donors (Lipinski definition) is 0. The molecule has 2 aromatic rings. The topological polar surface area (TPSA) is 50.1 Å². The highest BCUT2D eigenvalue weighted by molar-refractivity contribution is 5.88. The molecule has 92 valence electrons. The van der Waals surface area contributed by atoms with Gasteiger partial charge in [0.2, 0.25) is 0 Å². The van der Waals surface area contributed by atoms with Crippen LogP contribution in [0, 0.1) is 11.3 Å². The van der Waals surface area contributed by atoms with Crippen LogP contribution in [0.5, 0.6) is 5.75 Å². The minimum atomic E-state index is -0.435. The summed E-state index contributed by atoms with van der Waals surface area (Å²) >= 11 is 0. The summed E-state index contributed by atoms with van der Waals surface area (Å²) < 4.78 is 5.10. The average Bonchev–Trinajstić information content (AvgIpc) is 2.47. The molecule has 0 fully saturated rings. The van der Waals surface area contributed by atoms with Crippen molar-refractivity contribution in [2.75, 3.05) is 0 Å². The van der Waals surface area contributed by atoms with Gasteiger partial charge in [-0.15, -0.1) is 0 Å². The molecule has 0 aliphatic rings. The standard InChI is InChI=1S/C16H11NO2/c17-12-14-8-6-13(7-9-14)10-11-16(18)19-15-4-2-1-3-5-15/h1-11H/b11-10+. The summed E-state index contributed by atoms with van der Waals surface area (Å²) in [7, 11) is 0. The maximum Gasteiger partial charge on any atom is 0.336 e. The molecule has 0 amide bonds. The highest BCUT2D eigenvalue weighted by Crippen LogP contribution is 2.09. The van der Waals surface area contributed by atoms with Gasteiger partial charge in [0.05, 0.1) is 11.6 Å². The van der Waals surface area contributed by atoms with E-state index in [-0.39, 0.29) is 0 Å². The van der Waals surface area contributed by atoms with E-state index < -0.39 is 5.97 Å². The van der Waals surface area contributed by atoms with Crippen molar-refractivity contribution in [3.8, 4) is 11.8 Å². The van der Waals surface area contributed by atoms with Crippen molar-refractivity contribution < 1.29 is 9.53 Å². The number of carbonyl (C=O) groups excluding carboxylic acids is 1. The van der Waals surface area contributed by atoms with Gasteiger partial charge < -0.3 is 4.74 Å². The predicted molar refractivity (Wildman–Crippen MR) is 72.3 cm³/mol. The van der Waals surface area contributed by atoms with Crippen LogP contribution in [0.15, 0.2) is 60.7 Å². The van der Waals surface area contributed by atoms with Gasteiger partial charge in [-0.3, -0.25) is 0 Å². The van der Waals surface area contributed by atoms with Crippen LogP contribution < -0.4 is 4.74 Å². The third kappa shape index (κ3) is 3.83. The summed E-state index contributed by atoms with van der Waals surface area (Å²) in [6.45, 7) is 0. The van der Waals surface area contributed by atoms with E-state index in [2.05, 4.69) is 0 Å². The van der Waals surface area contributed by atoms with Gasteiger partial charge in [0, 0.05) is 6.08 Å². The second-order valence-corrected chi connectivity index (χ2v) is 3.80. The highest BCUT2D eigenvalue weighted by atomic mass is 16.5. The molecule has 0 spiro atoms. The first-order chi connectivity index (χ1) is 9.28. The quantitative estimate of drug-likeness (QED) is 0.477. The molecule has 3 heteroatoms. The van der Waals surface area contributed by atoms with E-state index in [1.807, 2.05) is 12.1 Å². The molecule has 0 heterocycles. The van der Waals surface area contributed by atoms with Gasteiger partial charge in [-0.2, -0.15) is 5.26 Å². The van der Waals surface area contributed by atoms with Gasteiger partial charge in [-0.25, -0.2) is 4.79 Å². The molecule has 2 aromatic carbocycles. The van der Waals surface area contributed by atoms with Crippen LogP contribution in [0.4, 0.5) is 0 Å². The van der Waals surface area contributed by atoms with E-state index in [4.69, 9.17) is 10.00 Å². The van der Waals surface area contributed by atoms with Gasteiger partial charge in [0.25, 0.3) is 0 Å². The number of esters is 1. The van der Waals surface area contributed by atoms with E-state index in [1.54, 1.807) is 54.6 Å². The van der Waals surface area contributed by atoms with Gasteiger partial charge in [-0.05, 0) is 35.9 Å². The Labute approximate surface area is 111 Å². The molecule has 0 atom stereocenters. The minimum absolute atomic E-state index is 0.435. The minimum Gasteiger partial charge on any atom is -0.423 e. The summed E-state index contributed by atoms with van der Waals surface area (Å²) in [4.78, 5) is 11.5. The molecule has 0 radical (unpaired) electrons. The van der Waals surface area contributed by atoms with Crippen LogP contribution in [-0.2, 0) is 4.79 Å². The maximum atomic E-state index is 11.5. The Balaban J connectivity index is 1.98. The normalized spacial score (nSPS) is 10.1. The van der Waals surface area contributed by atoms with Crippen LogP contribution >= 0.6 is 0 Å². The lowest BCUT2D eigenvalue weighted by molar-refractivity contribution is -0.128. The maximum absolute atomic E-state index is 11.5. The molecule has 0 N–H and O–H groups in total. The fourth-order valence-electron chi connectivity index (χ4n) is 1.47. The van der Waals surface area contributed by atoms with Crippen LogP contribution in [-0.4, -0.2) is 5.97 Å². The van der Waals surface area contributed by atoms with Gasteiger partial charge in [0.15, 0.2) is 0 Å². The van der Waals surface area contributed by atoms with Crippen molar-refractivity contribution in [3.05, 3.63) is 71.8 Å². The zero-order valence-electron chi connectivity index (χ0n) is 10.1. The molecule has 0 saturated carbocycles. The first kappa shape index (κ1) is 12.6. The molecule has 2 rings (SSSR count).